The van der Waals surface area contributed by atoms with Gasteiger partial charge in [0, 0.05) is 56.7 Å². The number of aliphatic imine (C=N–C) groups is 1. The van der Waals surface area contributed by atoms with Crippen LogP contribution in [0.4, 0.5) is 0 Å². The van der Waals surface area contributed by atoms with Crippen LogP contribution in [0.2, 0.25) is 0 Å². The number of hydrogen-bond acceptors (Lipinski definition) is 5. The predicted molar refractivity (Wildman–Crippen MR) is 215 cm³/mol. The molecule has 242 valence electrons. The molecule has 1 aliphatic heterocycles. The van der Waals surface area contributed by atoms with Gasteiger partial charge in [-0.2, -0.15) is 0 Å². The van der Waals surface area contributed by atoms with E-state index >= 15 is 0 Å². The van der Waals surface area contributed by atoms with Gasteiger partial charge < -0.3 is 4.42 Å². The molecule has 0 spiro atoms. The van der Waals surface area contributed by atoms with E-state index in [1.807, 2.05) is 22.7 Å². The van der Waals surface area contributed by atoms with Gasteiger partial charge in [-0.3, -0.25) is 5.32 Å². The number of hydrogen-bond donors (Lipinski definition) is 2. The number of nitrogens with zero attached hydrogens (tertiary/aromatic N) is 1. The second-order valence-corrected chi connectivity index (χ2v) is 15.4. The summed E-state index contributed by atoms with van der Waals surface area (Å²) in [6, 6.07) is 54.5. The number of para-hydroxylation sites is 1. The monoisotopic (exact) mass is 692 g/mol. The third kappa shape index (κ3) is 4.69. The Bertz CT molecular complexity index is 3010. The summed E-state index contributed by atoms with van der Waals surface area (Å²) in [5.74, 6) is 0.933. The van der Waals surface area contributed by atoms with Crippen molar-refractivity contribution < 1.29 is 9.73 Å². The molecular weight excluding hydrogens is 663 g/mol. The standard InChI is InChI=1S/C45H29N3OS2/c1-2-10-26(11-3-1)43-46-44(28-21-23-40-36(25-28)31-13-5-6-18-38(31)50-40)48-45(47-43)34-17-9-15-32-35-24-27(20-22-37(35)49-41(32)34)29-14-8-16-33-30-12-4-7-19-39(30)51-42(29)33/h1-25,43-44,46H,(H,47,48)/p+1. The van der Waals surface area contributed by atoms with Crippen molar-refractivity contribution in [2.45, 2.75) is 12.3 Å². The molecule has 6 heteroatoms. The maximum atomic E-state index is 6.72. The molecule has 7 aromatic carbocycles. The summed E-state index contributed by atoms with van der Waals surface area (Å²) in [4.78, 5) is 5.40. The molecule has 51 heavy (non-hydrogen) atoms. The Kier molecular flexibility index (Phi) is 6.54. The number of furan rings is 1. The number of fused-ring (bicyclic) bond motifs is 9. The molecule has 4 nitrogen and oxygen atoms in total. The van der Waals surface area contributed by atoms with Gasteiger partial charge in [0.25, 0.3) is 0 Å². The van der Waals surface area contributed by atoms with Gasteiger partial charge in [0.05, 0.1) is 5.56 Å². The van der Waals surface area contributed by atoms with Gasteiger partial charge in [0.15, 0.2) is 6.17 Å². The molecule has 10 aromatic rings. The van der Waals surface area contributed by atoms with Crippen LogP contribution in [0.1, 0.15) is 29.0 Å². The van der Waals surface area contributed by atoms with Crippen LogP contribution in [0.25, 0.3) is 73.4 Å². The Morgan fingerprint density at radius 1 is 0.529 bits per heavy atom. The maximum Gasteiger partial charge on any atom is 0.234 e. The quantitative estimate of drug-likeness (QED) is 0.193. The van der Waals surface area contributed by atoms with Crippen LogP contribution >= 0.6 is 22.7 Å². The fourth-order valence-electron chi connectivity index (χ4n) is 7.83. The van der Waals surface area contributed by atoms with Gasteiger partial charge in [-0.05, 0) is 59.2 Å². The molecule has 2 unspecified atom stereocenters. The number of amidine groups is 1. The van der Waals surface area contributed by atoms with Gasteiger partial charge in [-0.1, -0.05) is 109 Å². The lowest BCUT2D eigenvalue weighted by molar-refractivity contribution is -0.600. The minimum Gasteiger partial charge on any atom is -0.455 e. The van der Waals surface area contributed by atoms with Crippen molar-refractivity contribution in [1.29, 1.82) is 0 Å². The number of benzene rings is 7. The fraction of sp³-hybridized carbons (Fsp3) is 0.0444. The van der Waals surface area contributed by atoms with E-state index in [1.165, 1.54) is 57.0 Å². The lowest BCUT2D eigenvalue weighted by Crippen LogP contribution is -2.93. The topological polar surface area (TPSA) is 54.1 Å². The normalized spacial score (nSPS) is 16.6. The Morgan fingerprint density at radius 3 is 2.10 bits per heavy atom. The predicted octanol–water partition coefficient (Wildman–Crippen LogP) is 11.3. The van der Waals surface area contributed by atoms with Crippen LogP contribution in [0.5, 0.6) is 0 Å². The van der Waals surface area contributed by atoms with E-state index in [2.05, 4.69) is 162 Å². The van der Waals surface area contributed by atoms with Crippen molar-refractivity contribution in [3.63, 3.8) is 0 Å². The van der Waals surface area contributed by atoms with Crippen molar-refractivity contribution in [2.24, 2.45) is 4.99 Å². The van der Waals surface area contributed by atoms with Crippen LogP contribution in [0.15, 0.2) is 161 Å². The summed E-state index contributed by atoms with van der Waals surface area (Å²) in [5.41, 5.74) is 7.55. The zero-order valence-electron chi connectivity index (χ0n) is 27.3. The molecule has 0 radical (unpaired) electrons. The van der Waals surface area contributed by atoms with Gasteiger partial charge in [0.2, 0.25) is 5.84 Å². The average Bonchev–Trinajstić information content (AvgIpc) is 3.89. The molecule has 3 N–H and O–H groups in total. The van der Waals surface area contributed by atoms with Crippen LogP contribution in [0.3, 0.4) is 0 Å². The third-order valence-corrected chi connectivity index (χ3v) is 12.7. The first-order valence-electron chi connectivity index (χ1n) is 17.3. The molecule has 11 rings (SSSR count). The second-order valence-electron chi connectivity index (χ2n) is 13.3. The van der Waals surface area contributed by atoms with Crippen LogP contribution in [-0.4, -0.2) is 5.84 Å². The highest BCUT2D eigenvalue weighted by molar-refractivity contribution is 7.26. The van der Waals surface area contributed by atoms with E-state index in [9.17, 15) is 0 Å². The van der Waals surface area contributed by atoms with Crippen molar-refractivity contribution >= 4 is 90.8 Å². The number of quaternary nitrogens is 1. The maximum absolute atomic E-state index is 6.72. The Hall–Kier alpha value is -5.63. The van der Waals surface area contributed by atoms with E-state index < -0.39 is 0 Å². The molecule has 0 saturated carbocycles. The lowest BCUT2D eigenvalue weighted by Gasteiger charge is -2.28. The minimum atomic E-state index is -0.230. The summed E-state index contributed by atoms with van der Waals surface area (Å²) >= 11 is 3.71. The highest BCUT2D eigenvalue weighted by Crippen LogP contribution is 2.42. The van der Waals surface area contributed by atoms with Gasteiger partial charge in [-0.15, -0.1) is 22.7 Å². The first-order valence-corrected chi connectivity index (χ1v) is 18.9. The molecule has 2 atom stereocenters. The first kappa shape index (κ1) is 29.1. The summed E-state index contributed by atoms with van der Waals surface area (Å²) in [5, 5.41) is 13.5. The molecule has 0 fully saturated rings. The number of thiophene rings is 2. The molecule has 0 aliphatic carbocycles. The molecule has 0 amide bonds. The Morgan fingerprint density at radius 2 is 1.24 bits per heavy atom. The Labute approximate surface area is 301 Å². The van der Waals surface area contributed by atoms with Crippen molar-refractivity contribution in [3.8, 4) is 11.1 Å². The van der Waals surface area contributed by atoms with Gasteiger partial charge >= 0.3 is 0 Å². The summed E-state index contributed by atoms with van der Waals surface area (Å²) in [6.45, 7) is 0. The number of nitrogens with one attached hydrogen (secondary N) is 1. The van der Waals surface area contributed by atoms with E-state index in [1.54, 1.807) is 0 Å². The smallest absolute Gasteiger partial charge is 0.234 e. The van der Waals surface area contributed by atoms with Gasteiger partial charge in [-0.25, -0.2) is 10.3 Å². The average molecular weight is 693 g/mol. The summed E-state index contributed by atoms with van der Waals surface area (Å²) in [6.07, 6.45) is -0.252. The fourth-order valence-corrected chi connectivity index (χ4v) is 10.2. The summed E-state index contributed by atoms with van der Waals surface area (Å²) < 4.78 is 12.0. The highest BCUT2D eigenvalue weighted by Gasteiger charge is 2.31. The van der Waals surface area contributed by atoms with E-state index in [4.69, 9.17) is 9.41 Å². The first-order chi connectivity index (χ1) is 25.2. The lowest BCUT2D eigenvalue weighted by atomic mass is 10.00. The zero-order valence-corrected chi connectivity index (χ0v) is 29.0. The molecule has 3 aromatic heterocycles. The van der Waals surface area contributed by atoms with Gasteiger partial charge in [0.1, 0.15) is 17.3 Å². The van der Waals surface area contributed by atoms with Crippen LogP contribution in [-0.2, 0) is 0 Å². The molecule has 4 heterocycles. The molecular formula is C45H30N3OS2+. The van der Waals surface area contributed by atoms with E-state index in [0.717, 1.165) is 38.9 Å². The zero-order chi connectivity index (χ0) is 33.5. The summed E-state index contributed by atoms with van der Waals surface area (Å²) in [7, 11) is 0. The number of rotatable bonds is 4. The number of nitrogens with two attached hydrogens (primary N) is 1. The SMILES string of the molecule is c1ccc(C2NC(c3ccc4sc5ccccc5c4c3)N=C(c3cccc4c3oc3ccc(-c5cccc6c5sc5ccccc56)cc34)[NH2+]2)cc1. The molecule has 0 saturated heterocycles. The van der Waals surface area contributed by atoms with Crippen molar-refractivity contribution in [1.82, 2.24) is 5.32 Å². The Balaban J connectivity index is 1.05. The second kappa shape index (κ2) is 11.5. The largest absolute Gasteiger partial charge is 0.455 e. The van der Waals surface area contributed by atoms with Crippen molar-refractivity contribution in [3.05, 3.63) is 168 Å². The van der Waals surface area contributed by atoms with Crippen LogP contribution in [0, 0.1) is 0 Å². The molecule has 1 aliphatic rings. The highest BCUT2D eigenvalue weighted by atomic mass is 32.1. The minimum absolute atomic E-state index is 0.0216. The van der Waals surface area contributed by atoms with Crippen LogP contribution < -0.4 is 10.6 Å². The van der Waals surface area contributed by atoms with Crippen molar-refractivity contribution in [2.75, 3.05) is 0 Å². The van der Waals surface area contributed by atoms with E-state index in [-0.39, 0.29) is 12.3 Å². The van der Waals surface area contributed by atoms with E-state index in [0.29, 0.717) is 0 Å². The third-order valence-electron chi connectivity index (χ3n) is 10.3. The molecule has 0 bridgehead atoms.